The highest BCUT2D eigenvalue weighted by Crippen LogP contribution is 2.21. The van der Waals surface area contributed by atoms with Gasteiger partial charge in [0, 0.05) is 13.1 Å². The minimum atomic E-state index is -3.50. The molecule has 0 aromatic heterocycles. The van der Waals surface area contributed by atoms with Crippen molar-refractivity contribution in [2.45, 2.75) is 31.2 Å². The number of nitrogens with zero attached hydrogens (tertiary/aromatic N) is 2. The first-order valence-corrected chi connectivity index (χ1v) is 9.15. The largest absolute Gasteiger partial charge is 0.243 e. The lowest BCUT2D eigenvalue weighted by atomic mass is 10.1. The van der Waals surface area contributed by atoms with Crippen LogP contribution in [0.1, 0.15) is 24.5 Å². The monoisotopic (exact) mass is 312 g/mol. The quantitative estimate of drug-likeness (QED) is 0.810. The zero-order valence-electron chi connectivity index (χ0n) is 12.3. The highest BCUT2D eigenvalue weighted by atomic mass is 32.2. The zero-order chi connectivity index (χ0) is 15.3. The van der Waals surface area contributed by atoms with Gasteiger partial charge in [0.25, 0.3) is 0 Å². The molecule has 0 spiro atoms. The van der Waals surface area contributed by atoms with Crippen LogP contribution < -0.4 is 0 Å². The van der Waals surface area contributed by atoms with E-state index in [0.717, 1.165) is 12.2 Å². The molecule has 20 heavy (non-hydrogen) atoms. The average molecular weight is 312 g/mol. The summed E-state index contributed by atoms with van der Waals surface area (Å²) >= 11 is 1.70. The third-order valence-electron chi connectivity index (χ3n) is 3.36. The van der Waals surface area contributed by atoms with Crippen molar-refractivity contribution in [1.82, 2.24) is 4.31 Å². The molecule has 1 aromatic rings. The molecule has 0 heterocycles. The molecule has 6 heteroatoms. The summed E-state index contributed by atoms with van der Waals surface area (Å²) in [5, 5.41) is 8.89. The van der Waals surface area contributed by atoms with Crippen molar-refractivity contribution in [3.05, 3.63) is 29.3 Å². The van der Waals surface area contributed by atoms with Gasteiger partial charge in [-0.05, 0) is 56.0 Å². The fourth-order valence-corrected chi connectivity index (χ4v) is 3.85. The summed E-state index contributed by atoms with van der Waals surface area (Å²) in [7, 11) is -1.90. The lowest BCUT2D eigenvalue weighted by Gasteiger charge is -2.24. The second kappa shape index (κ2) is 7.11. The van der Waals surface area contributed by atoms with Crippen LogP contribution in [0.2, 0.25) is 0 Å². The van der Waals surface area contributed by atoms with Gasteiger partial charge in [-0.25, -0.2) is 8.42 Å². The van der Waals surface area contributed by atoms with Gasteiger partial charge in [0.15, 0.2) is 0 Å². The number of benzene rings is 1. The Bertz CT molecular complexity index is 606. The molecule has 0 aliphatic carbocycles. The molecule has 0 aliphatic rings. The van der Waals surface area contributed by atoms with Crippen LogP contribution in [0.15, 0.2) is 23.1 Å². The van der Waals surface area contributed by atoms with Crippen molar-refractivity contribution in [2.75, 3.05) is 19.1 Å². The second-order valence-corrected chi connectivity index (χ2v) is 7.72. The molecule has 0 saturated heterocycles. The lowest BCUT2D eigenvalue weighted by Crippen LogP contribution is -2.35. The molecular formula is C14H20N2O2S2. The summed E-state index contributed by atoms with van der Waals surface area (Å²) in [6, 6.07) is 6.61. The first-order valence-electron chi connectivity index (χ1n) is 6.32. The molecular weight excluding hydrogens is 292 g/mol. The van der Waals surface area contributed by atoms with E-state index in [1.54, 1.807) is 37.9 Å². The molecule has 1 atom stereocenters. The number of rotatable bonds is 6. The molecule has 0 N–H and O–H groups in total. The molecule has 4 nitrogen and oxygen atoms in total. The molecule has 1 rings (SSSR count). The van der Waals surface area contributed by atoms with Gasteiger partial charge < -0.3 is 0 Å². The minimum Gasteiger partial charge on any atom is -0.207 e. The Morgan fingerprint density at radius 3 is 2.60 bits per heavy atom. The molecule has 1 unspecified atom stereocenters. The minimum absolute atomic E-state index is 0.0524. The van der Waals surface area contributed by atoms with E-state index in [-0.39, 0.29) is 10.9 Å². The van der Waals surface area contributed by atoms with E-state index in [1.165, 1.54) is 10.4 Å². The first kappa shape index (κ1) is 17.0. The predicted molar refractivity (Wildman–Crippen MR) is 83.3 cm³/mol. The van der Waals surface area contributed by atoms with Gasteiger partial charge in [0.1, 0.15) is 0 Å². The molecule has 0 radical (unpaired) electrons. The summed E-state index contributed by atoms with van der Waals surface area (Å²) in [6.45, 7) is 3.65. The van der Waals surface area contributed by atoms with Crippen molar-refractivity contribution in [3.63, 3.8) is 0 Å². The van der Waals surface area contributed by atoms with E-state index < -0.39 is 10.0 Å². The van der Waals surface area contributed by atoms with E-state index >= 15 is 0 Å². The van der Waals surface area contributed by atoms with E-state index in [9.17, 15) is 8.42 Å². The third-order valence-corrected chi connectivity index (χ3v) is 5.97. The van der Waals surface area contributed by atoms with Gasteiger partial charge in [0.2, 0.25) is 10.0 Å². The smallest absolute Gasteiger partial charge is 0.207 e. The average Bonchev–Trinajstić information content (AvgIpc) is 2.43. The van der Waals surface area contributed by atoms with Crippen molar-refractivity contribution in [2.24, 2.45) is 0 Å². The van der Waals surface area contributed by atoms with E-state index in [0.29, 0.717) is 11.1 Å². The topological polar surface area (TPSA) is 61.2 Å². The maximum absolute atomic E-state index is 12.5. The zero-order valence-corrected chi connectivity index (χ0v) is 13.9. The van der Waals surface area contributed by atoms with Crippen LogP contribution in [0.3, 0.4) is 0 Å². The van der Waals surface area contributed by atoms with Crippen molar-refractivity contribution in [3.8, 4) is 6.07 Å². The van der Waals surface area contributed by atoms with Gasteiger partial charge in [-0.1, -0.05) is 0 Å². The van der Waals surface area contributed by atoms with Crippen LogP contribution in [0.4, 0.5) is 0 Å². The number of thioether (sulfide) groups is 1. The standard InChI is InChI=1S/C14H20N2O2S2/c1-11-9-14(6-5-13(11)10-15)20(17,18)16(3)12(2)7-8-19-4/h5-6,9,12H,7-8H2,1-4H3. The van der Waals surface area contributed by atoms with Crippen LogP contribution in [-0.2, 0) is 10.0 Å². The Labute approximate surface area is 125 Å². The van der Waals surface area contributed by atoms with E-state index in [2.05, 4.69) is 0 Å². The van der Waals surface area contributed by atoms with Gasteiger partial charge in [0.05, 0.1) is 16.5 Å². The molecule has 0 aliphatic heterocycles. The molecule has 0 saturated carbocycles. The van der Waals surface area contributed by atoms with Gasteiger partial charge in [-0.2, -0.15) is 21.3 Å². The molecule has 0 bridgehead atoms. The summed E-state index contributed by atoms with van der Waals surface area (Å²) in [6.07, 6.45) is 2.82. The lowest BCUT2D eigenvalue weighted by molar-refractivity contribution is 0.382. The SMILES string of the molecule is CSCCC(C)N(C)S(=O)(=O)c1ccc(C#N)c(C)c1. The number of hydrogen-bond acceptors (Lipinski definition) is 4. The Kier molecular flexibility index (Phi) is 6.06. The van der Waals surface area contributed by atoms with Gasteiger partial charge in [-0.3, -0.25) is 0 Å². The first-order chi connectivity index (χ1) is 9.34. The molecule has 110 valence electrons. The third kappa shape index (κ3) is 3.75. The molecule has 0 amide bonds. The predicted octanol–water partition coefficient (Wildman–Crippen LogP) is 2.63. The highest BCUT2D eigenvalue weighted by molar-refractivity contribution is 7.98. The van der Waals surface area contributed by atoms with Crippen molar-refractivity contribution >= 4 is 21.8 Å². The summed E-state index contributed by atoms with van der Waals surface area (Å²) in [5.41, 5.74) is 1.18. The maximum atomic E-state index is 12.5. The van der Waals surface area contributed by atoms with Crippen LogP contribution in [0.25, 0.3) is 0 Å². The number of aryl methyl sites for hydroxylation is 1. The van der Waals surface area contributed by atoms with E-state index in [1.807, 2.05) is 19.2 Å². The number of hydrogen-bond donors (Lipinski definition) is 0. The van der Waals surface area contributed by atoms with Crippen LogP contribution >= 0.6 is 11.8 Å². The van der Waals surface area contributed by atoms with Crippen LogP contribution in [0.5, 0.6) is 0 Å². The summed E-state index contributed by atoms with van der Waals surface area (Å²) < 4.78 is 26.5. The molecule has 0 fully saturated rings. The van der Waals surface area contributed by atoms with Gasteiger partial charge >= 0.3 is 0 Å². The van der Waals surface area contributed by atoms with Gasteiger partial charge in [-0.15, -0.1) is 0 Å². The number of sulfonamides is 1. The normalized spacial score (nSPS) is 13.2. The Morgan fingerprint density at radius 2 is 2.10 bits per heavy atom. The Hall–Kier alpha value is -1.03. The Balaban J connectivity index is 3.04. The highest BCUT2D eigenvalue weighted by Gasteiger charge is 2.25. The number of nitriles is 1. The maximum Gasteiger partial charge on any atom is 0.243 e. The van der Waals surface area contributed by atoms with Crippen LogP contribution in [-0.4, -0.2) is 37.8 Å². The summed E-state index contributed by atoms with van der Waals surface area (Å²) in [5.74, 6) is 0.924. The Morgan fingerprint density at radius 1 is 1.45 bits per heavy atom. The fraction of sp³-hybridized carbons (Fsp3) is 0.500. The fourth-order valence-electron chi connectivity index (χ4n) is 1.80. The van der Waals surface area contributed by atoms with E-state index in [4.69, 9.17) is 5.26 Å². The van der Waals surface area contributed by atoms with Crippen molar-refractivity contribution < 1.29 is 8.42 Å². The second-order valence-electron chi connectivity index (χ2n) is 4.74. The van der Waals surface area contributed by atoms with Crippen molar-refractivity contribution in [1.29, 1.82) is 5.26 Å². The summed E-state index contributed by atoms with van der Waals surface area (Å²) in [4.78, 5) is 0.243. The van der Waals surface area contributed by atoms with Crippen LogP contribution in [0, 0.1) is 18.3 Å². The molecule has 1 aromatic carbocycles.